The summed E-state index contributed by atoms with van der Waals surface area (Å²) in [6.45, 7) is 0.705. The first kappa shape index (κ1) is 18.4. The predicted octanol–water partition coefficient (Wildman–Crippen LogP) is 5.39. The summed E-state index contributed by atoms with van der Waals surface area (Å²) >= 11 is 0. The maximum atomic E-state index is 12.7. The number of benzene rings is 2. The summed E-state index contributed by atoms with van der Waals surface area (Å²) in [6.07, 6.45) is 6.29. The van der Waals surface area contributed by atoms with E-state index in [4.69, 9.17) is 9.78 Å². The number of nitrogens with one attached hydrogen (secondary N) is 1. The molecule has 3 aromatic rings. The fraction of sp³-hybridized carbons (Fsp3) is 0.375. The number of hydrogen-bond acceptors (Lipinski definition) is 3. The van der Waals surface area contributed by atoms with Crippen molar-refractivity contribution in [3.63, 3.8) is 0 Å². The molecular formula is C24H26N2O3. The Kier molecular flexibility index (Phi) is 4.86. The average Bonchev–Trinajstić information content (AvgIpc) is 2.97. The number of anilines is 1. The van der Waals surface area contributed by atoms with Crippen molar-refractivity contribution in [3.8, 4) is 11.3 Å². The molecule has 0 saturated heterocycles. The summed E-state index contributed by atoms with van der Waals surface area (Å²) in [6, 6.07) is 14.6. The van der Waals surface area contributed by atoms with Crippen LogP contribution in [0.25, 0.3) is 22.2 Å². The molecule has 2 heterocycles. The Hall–Kier alpha value is -2.63. The highest BCUT2D eigenvalue weighted by Gasteiger charge is 2.30. The minimum absolute atomic E-state index is 0.0156. The van der Waals surface area contributed by atoms with Crippen molar-refractivity contribution >= 4 is 22.5 Å². The number of nitrogens with zero attached hydrogens (tertiary/aromatic N) is 1. The Morgan fingerprint density at radius 1 is 1.10 bits per heavy atom. The van der Waals surface area contributed by atoms with Crippen molar-refractivity contribution in [2.45, 2.75) is 51.2 Å². The van der Waals surface area contributed by atoms with Crippen LogP contribution in [0, 0.1) is 0 Å². The van der Waals surface area contributed by atoms with E-state index < -0.39 is 0 Å². The highest BCUT2D eigenvalue weighted by Crippen LogP contribution is 2.46. The van der Waals surface area contributed by atoms with Crippen LogP contribution in [0.4, 0.5) is 5.69 Å². The molecule has 1 aliphatic carbocycles. The van der Waals surface area contributed by atoms with Crippen LogP contribution in [0.1, 0.15) is 49.1 Å². The summed E-state index contributed by atoms with van der Waals surface area (Å²) in [5.74, 6) is 0.548. The van der Waals surface area contributed by atoms with Gasteiger partial charge in [0.25, 0.3) is 0 Å². The first-order chi connectivity index (χ1) is 14.3. The zero-order valence-electron chi connectivity index (χ0n) is 16.7. The van der Waals surface area contributed by atoms with E-state index in [9.17, 15) is 4.79 Å². The number of para-hydroxylation sites is 1. The van der Waals surface area contributed by atoms with Crippen molar-refractivity contribution in [2.75, 3.05) is 12.4 Å². The molecule has 0 radical (unpaired) electrons. The van der Waals surface area contributed by atoms with Crippen LogP contribution < -0.4 is 5.32 Å². The maximum absolute atomic E-state index is 12.7. The average molecular weight is 390 g/mol. The van der Waals surface area contributed by atoms with Crippen molar-refractivity contribution in [2.24, 2.45) is 0 Å². The van der Waals surface area contributed by atoms with Crippen molar-refractivity contribution in [1.82, 2.24) is 4.57 Å². The van der Waals surface area contributed by atoms with Gasteiger partial charge in [0.2, 0.25) is 5.91 Å². The van der Waals surface area contributed by atoms with E-state index >= 15 is 0 Å². The largest absolute Gasteiger partial charge is 0.331 e. The van der Waals surface area contributed by atoms with Crippen LogP contribution in [-0.4, -0.2) is 17.6 Å². The van der Waals surface area contributed by atoms with Gasteiger partial charge in [0.15, 0.2) is 0 Å². The van der Waals surface area contributed by atoms with E-state index in [0.29, 0.717) is 19.1 Å². The van der Waals surface area contributed by atoms with E-state index in [1.54, 1.807) is 0 Å². The summed E-state index contributed by atoms with van der Waals surface area (Å²) in [7, 11) is 1.52. The molecule has 1 aliphatic heterocycles. The molecule has 0 unspecified atom stereocenters. The Morgan fingerprint density at radius 3 is 2.76 bits per heavy atom. The standard InChI is InChI=1S/C24H26N2O3/c1-28-29-15-16-11-12-19-21(13-16)26-14-22(27)25-20-10-6-5-9-18(20)24(26)23(19)17-7-3-2-4-8-17/h5-6,9-13,17H,2-4,7-8,14-15H2,1H3,(H,25,27). The molecule has 2 aromatic carbocycles. The number of amides is 1. The lowest BCUT2D eigenvalue weighted by Gasteiger charge is -2.23. The third-order valence-corrected chi connectivity index (χ3v) is 6.28. The van der Waals surface area contributed by atoms with Gasteiger partial charge in [-0.25, -0.2) is 9.78 Å². The van der Waals surface area contributed by atoms with Gasteiger partial charge in [-0.05, 0) is 42.0 Å². The first-order valence-electron chi connectivity index (χ1n) is 10.5. The first-order valence-corrected chi connectivity index (χ1v) is 10.5. The Bertz CT molecular complexity index is 1060. The molecule has 1 saturated carbocycles. The predicted molar refractivity (Wildman–Crippen MR) is 114 cm³/mol. The van der Waals surface area contributed by atoms with E-state index in [1.807, 2.05) is 12.1 Å². The minimum atomic E-state index is 0.0156. The summed E-state index contributed by atoms with van der Waals surface area (Å²) in [5.41, 5.74) is 6.76. The van der Waals surface area contributed by atoms with Crippen LogP contribution in [0.2, 0.25) is 0 Å². The van der Waals surface area contributed by atoms with Crippen molar-refractivity contribution in [3.05, 3.63) is 53.6 Å². The zero-order chi connectivity index (χ0) is 19.8. The molecule has 0 atom stereocenters. The number of carbonyl (C=O) groups excluding carboxylic acids is 1. The highest BCUT2D eigenvalue weighted by molar-refractivity contribution is 6.03. The molecular weight excluding hydrogens is 364 g/mol. The summed E-state index contributed by atoms with van der Waals surface area (Å²) in [4.78, 5) is 22.7. The normalized spacial score (nSPS) is 16.9. The van der Waals surface area contributed by atoms with Crippen molar-refractivity contribution in [1.29, 1.82) is 0 Å². The lowest BCUT2D eigenvalue weighted by atomic mass is 9.81. The molecule has 5 heteroatoms. The third-order valence-electron chi connectivity index (χ3n) is 6.28. The molecule has 0 spiro atoms. The van der Waals surface area contributed by atoms with Gasteiger partial charge < -0.3 is 9.88 Å². The van der Waals surface area contributed by atoms with Gasteiger partial charge in [-0.1, -0.05) is 49.6 Å². The highest BCUT2D eigenvalue weighted by atomic mass is 17.2. The minimum Gasteiger partial charge on any atom is -0.331 e. The fourth-order valence-electron chi connectivity index (χ4n) is 5.03. The number of rotatable bonds is 4. The molecule has 1 amide bonds. The topological polar surface area (TPSA) is 52.5 Å². The fourth-order valence-corrected chi connectivity index (χ4v) is 5.03. The van der Waals surface area contributed by atoms with Crippen LogP contribution >= 0.6 is 0 Å². The zero-order valence-corrected chi connectivity index (χ0v) is 16.7. The smallest absolute Gasteiger partial charge is 0.244 e. The number of aromatic nitrogens is 1. The molecule has 5 rings (SSSR count). The van der Waals surface area contributed by atoms with Gasteiger partial charge in [-0.2, -0.15) is 0 Å². The van der Waals surface area contributed by atoms with E-state index in [0.717, 1.165) is 22.3 Å². The number of fused-ring (bicyclic) bond motifs is 5. The van der Waals surface area contributed by atoms with Gasteiger partial charge in [0.1, 0.15) is 13.2 Å². The SMILES string of the molecule is COOCc1ccc2c(C3CCCCC3)c3n(c2c1)CC(=O)Nc1ccccc1-3. The van der Waals surface area contributed by atoms with Gasteiger partial charge >= 0.3 is 0 Å². The molecule has 29 heavy (non-hydrogen) atoms. The van der Waals surface area contributed by atoms with Crippen LogP contribution in [0.5, 0.6) is 0 Å². The number of hydrogen-bond donors (Lipinski definition) is 1. The second kappa shape index (κ2) is 7.65. The number of carbonyl (C=O) groups is 1. The molecule has 0 bridgehead atoms. The molecule has 150 valence electrons. The van der Waals surface area contributed by atoms with E-state index in [-0.39, 0.29) is 5.91 Å². The van der Waals surface area contributed by atoms with Gasteiger partial charge in [0.05, 0.1) is 18.5 Å². The van der Waals surface area contributed by atoms with E-state index in [2.05, 4.69) is 40.2 Å². The van der Waals surface area contributed by atoms with Crippen LogP contribution in [-0.2, 0) is 27.7 Å². The molecule has 1 N–H and O–H groups in total. The third kappa shape index (κ3) is 3.24. The van der Waals surface area contributed by atoms with E-state index in [1.165, 1.54) is 55.9 Å². The van der Waals surface area contributed by atoms with Crippen LogP contribution in [0.3, 0.4) is 0 Å². The second-order valence-corrected chi connectivity index (χ2v) is 8.06. The Balaban J connectivity index is 1.78. The Morgan fingerprint density at radius 2 is 1.93 bits per heavy atom. The van der Waals surface area contributed by atoms with Gasteiger partial charge in [-0.15, -0.1) is 0 Å². The maximum Gasteiger partial charge on any atom is 0.244 e. The molecule has 1 aromatic heterocycles. The summed E-state index contributed by atoms with van der Waals surface area (Å²) in [5, 5.41) is 4.36. The van der Waals surface area contributed by atoms with Gasteiger partial charge in [-0.3, -0.25) is 4.79 Å². The lowest BCUT2D eigenvalue weighted by Crippen LogP contribution is -2.16. The second-order valence-electron chi connectivity index (χ2n) is 8.06. The quantitative estimate of drug-likeness (QED) is 0.480. The molecule has 1 fully saturated rings. The molecule has 5 nitrogen and oxygen atoms in total. The summed E-state index contributed by atoms with van der Waals surface area (Å²) < 4.78 is 2.21. The van der Waals surface area contributed by atoms with Gasteiger partial charge in [0, 0.05) is 16.5 Å². The Labute approximate surface area is 170 Å². The monoisotopic (exact) mass is 390 g/mol. The molecule has 2 aliphatic rings. The lowest BCUT2D eigenvalue weighted by molar-refractivity contribution is -0.282. The van der Waals surface area contributed by atoms with Crippen molar-refractivity contribution < 1.29 is 14.6 Å². The van der Waals surface area contributed by atoms with Crippen LogP contribution in [0.15, 0.2) is 42.5 Å².